The highest BCUT2D eigenvalue weighted by atomic mass is 32.2. The second-order valence-corrected chi connectivity index (χ2v) is 10.6. The minimum absolute atomic E-state index is 0.0514. The van der Waals surface area contributed by atoms with Gasteiger partial charge in [0.25, 0.3) is 11.8 Å². The summed E-state index contributed by atoms with van der Waals surface area (Å²) in [7, 11) is 0. The number of hydrogen-bond donors (Lipinski definition) is 5. The van der Waals surface area contributed by atoms with Gasteiger partial charge in [0, 0.05) is 21.8 Å². The van der Waals surface area contributed by atoms with Crippen molar-refractivity contribution in [2.75, 3.05) is 10.6 Å². The summed E-state index contributed by atoms with van der Waals surface area (Å²) in [4.78, 5) is 50.6. The quantitative estimate of drug-likeness (QED) is 0.0886. The second-order valence-electron chi connectivity index (χ2n) is 9.19. The molecule has 0 bridgehead atoms. The van der Waals surface area contributed by atoms with Crippen LogP contribution in [-0.4, -0.2) is 39.2 Å². The van der Waals surface area contributed by atoms with Gasteiger partial charge < -0.3 is 26.2 Å². The van der Waals surface area contributed by atoms with E-state index in [-0.39, 0.29) is 22.9 Å². The fraction of sp³-hybridized carbons (Fsp3) is 0.0625. The number of aromatic carboxylic acids is 1. The lowest BCUT2D eigenvalue weighted by Crippen LogP contribution is -2.30. The number of carbonyl (C=O) groups is 4. The zero-order valence-corrected chi connectivity index (χ0v) is 23.5. The van der Waals surface area contributed by atoms with Gasteiger partial charge in [0.1, 0.15) is 22.8 Å². The molecule has 1 atom stereocenters. The molecule has 11 heteroatoms. The van der Waals surface area contributed by atoms with Crippen molar-refractivity contribution in [3.63, 3.8) is 0 Å². The molecule has 0 spiro atoms. The number of thioether (sulfide) groups is 1. The molecule has 3 amide bonds. The number of benzene rings is 4. The third-order valence-electron chi connectivity index (χ3n) is 6.00. The van der Waals surface area contributed by atoms with Gasteiger partial charge >= 0.3 is 5.97 Å². The number of aromatic hydroxyl groups is 1. The van der Waals surface area contributed by atoms with E-state index in [1.165, 1.54) is 60.3 Å². The Bertz CT molecular complexity index is 1680. The van der Waals surface area contributed by atoms with E-state index in [4.69, 9.17) is 5.11 Å². The van der Waals surface area contributed by atoms with E-state index < -0.39 is 34.6 Å². The summed E-state index contributed by atoms with van der Waals surface area (Å²) in [5.74, 6) is -3.63. The zero-order valence-electron chi connectivity index (χ0n) is 22.7. The molecule has 43 heavy (non-hydrogen) atoms. The fourth-order valence-electron chi connectivity index (χ4n) is 3.77. The first-order valence-corrected chi connectivity index (χ1v) is 13.8. The number of hydrogen-bond acceptors (Lipinski definition) is 6. The lowest BCUT2D eigenvalue weighted by atomic mass is 10.1. The lowest BCUT2D eigenvalue weighted by Gasteiger charge is -2.14. The van der Waals surface area contributed by atoms with Crippen LogP contribution in [0.15, 0.2) is 108 Å². The Labute approximate surface area is 250 Å². The highest BCUT2D eigenvalue weighted by Crippen LogP contribution is 2.27. The summed E-state index contributed by atoms with van der Waals surface area (Å²) in [6.07, 6.45) is 1.44. The van der Waals surface area contributed by atoms with Crippen LogP contribution in [0.2, 0.25) is 0 Å². The van der Waals surface area contributed by atoms with Crippen LogP contribution in [0.3, 0.4) is 0 Å². The van der Waals surface area contributed by atoms with Crippen molar-refractivity contribution in [2.45, 2.75) is 17.1 Å². The van der Waals surface area contributed by atoms with Gasteiger partial charge in [-0.05, 0) is 85.3 Å². The van der Waals surface area contributed by atoms with E-state index in [0.717, 1.165) is 4.90 Å². The van der Waals surface area contributed by atoms with Crippen molar-refractivity contribution in [3.05, 3.63) is 125 Å². The van der Waals surface area contributed by atoms with E-state index in [0.29, 0.717) is 16.8 Å². The minimum Gasteiger partial charge on any atom is -0.507 e. The van der Waals surface area contributed by atoms with Gasteiger partial charge in [-0.15, -0.1) is 11.8 Å². The van der Waals surface area contributed by atoms with Crippen LogP contribution in [0.1, 0.15) is 33.2 Å². The van der Waals surface area contributed by atoms with Crippen LogP contribution in [0.25, 0.3) is 6.08 Å². The molecule has 0 radical (unpaired) electrons. The first-order chi connectivity index (χ1) is 20.6. The number of carbonyl (C=O) groups excluding carboxylic acids is 3. The van der Waals surface area contributed by atoms with Gasteiger partial charge in [-0.3, -0.25) is 14.4 Å². The SMILES string of the molecule is CC(Sc1ccc(NC(=O)/C(=C/c2ccc(F)cc2)NC(=O)c2ccccc2)cc1)C(=O)Nc1ccc(O)c(C(=O)O)c1. The molecule has 4 rings (SSSR count). The normalized spacial score (nSPS) is 11.7. The largest absolute Gasteiger partial charge is 0.507 e. The van der Waals surface area contributed by atoms with E-state index >= 15 is 0 Å². The number of nitrogens with one attached hydrogen (secondary N) is 3. The van der Waals surface area contributed by atoms with Crippen molar-refractivity contribution in [3.8, 4) is 5.75 Å². The molecular weight excluding hydrogens is 573 g/mol. The molecule has 218 valence electrons. The number of amides is 3. The van der Waals surface area contributed by atoms with Gasteiger partial charge in [0.05, 0.1) is 5.25 Å². The van der Waals surface area contributed by atoms with Crippen LogP contribution in [-0.2, 0) is 9.59 Å². The predicted molar refractivity (Wildman–Crippen MR) is 162 cm³/mol. The third-order valence-corrected chi connectivity index (χ3v) is 7.11. The first kappa shape index (κ1) is 30.5. The summed E-state index contributed by atoms with van der Waals surface area (Å²) in [5, 5.41) is 26.2. The van der Waals surface area contributed by atoms with Crippen LogP contribution in [0, 0.1) is 5.82 Å². The number of halogens is 1. The predicted octanol–water partition coefficient (Wildman–Crippen LogP) is 5.76. The molecule has 0 saturated heterocycles. The maximum Gasteiger partial charge on any atom is 0.339 e. The molecule has 0 saturated carbocycles. The maximum absolute atomic E-state index is 13.4. The van der Waals surface area contributed by atoms with E-state index in [1.54, 1.807) is 61.5 Å². The molecule has 9 nitrogen and oxygen atoms in total. The van der Waals surface area contributed by atoms with Crippen LogP contribution >= 0.6 is 11.8 Å². The zero-order chi connectivity index (χ0) is 30.9. The number of carboxylic acids is 1. The van der Waals surface area contributed by atoms with Gasteiger partial charge in [-0.25, -0.2) is 9.18 Å². The van der Waals surface area contributed by atoms with Gasteiger partial charge in [-0.2, -0.15) is 0 Å². The minimum atomic E-state index is -1.32. The first-order valence-electron chi connectivity index (χ1n) is 12.9. The Morgan fingerprint density at radius 2 is 1.49 bits per heavy atom. The summed E-state index contributed by atoms with van der Waals surface area (Å²) in [5.41, 5.74) is 1.14. The summed E-state index contributed by atoms with van der Waals surface area (Å²) < 4.78 is 13.4. The molecule has 4 aromatic rings. The van der Waals surface area contributed by atoms with Crippen molar-refractivity contribution >= 4 is 52.9 Å². The standard InChI is InChI=1S/C32H26FN3O6S/c1-19(29(38)35-24-13-16-28(37)26(18-24)32(41)42)43-25-14-11-23(12-15-25)34-31(40)27(17-20-7-9-22(33)10-8-20)36-30(39)21-5-3-2-4-6-21/h2-19,37H,1H3,(H,34,40)(H,35,38)(H,36,39)(H,41,42)/b27-17-. The second kappa shape index (κ2) is 14.0. The Morgan fingerprint density at radius 1 is 0.837 bits per heavy atom. The molecule has 0 heterocycles. The van der Waals surface area contributed by atoms with E-state index in [1.807, 2.05) is 0 Å². The third kappa shape index (κ3) is 8.54. The van der Waals surface area contributed by atoms with Gasteiger partial charge in [0.15, 0.2) is 0 Å². The Morgan fingerprint density at radius 3 is 2.14 bits per heavy atom. The molecule has 1 unspecified atom stereocenters. The molecule has 0 aliphatic heterocycles. The maximum atomic E-state index is 13.4. The summed E-state index contributed by atoms with van der Waals surface area (Å²) in [6.45, 7) is 1.68. The van der Waals surface area contributed by atoms with E-state index in [2.05, 4.69) is 16.0 Å². The smallest absolute Gasteiger partial charge is 0.339 e. The summed E-state index contributed by atoms with van der Waals surface area (Å²) in [6, 6.07) is 24.3. The van der Waals surface area contributed by atoms with Gasteiger partial charge in [0.2, 0.25) is 5.91 Å². The van der Waals surface area contributed by atoms with Crippen molar-refractivity contribution < 1.29 is 33.8 Å². The molecule has 5 N–H and O–H groups in total. The summed E-state index contributed by atoms with van der Waals surface area (Å²) >= 11 is 1.24. The van der Waals surface area contributed by atoms with Crippen LogP contribution in [0.5, 0.6) is 5.75 Å². The van der Waals surface area contributed by atoms with Crippen molar-refractivity contribution in [2.24, 2.45) is 0 Å². The molecule has 4 aromatic carbocycles. The molecule has 0 fully saturated rings. The Hall–Kier alpha value is -5.42. The van der Waals surface area contributed by atoms with Crippen LogP contribution < -0.4 is 16.0 Å². The monoisotopic (exact) mass is 599 g/mol. The van der Waals surface area contributed by atoms with Crippen LogP contribution in [0.4, 0.5) is 15.8 Å². The number of rotatable bonds is 10. The topological polar surface area (TPSA) is 145 Å². The average molecular weight is 600 g/mol. The molecule has 0 aliphatic carbocycles. The Balaban J connectivity index is 1.42. The highest BCUT2D eigenvalue weighted by molar-refractivity contribution is 8.00. The highest BCUT2D eigenvalue weighted by Gasteiger charge is 2.18. The number of carboxylic acid groups (broad SMARTS) is 1. The lowest BCUT2D eigenvalue weighted by molar-refractivity contribution is -0.115. The fourth-order valence-corrected chi connectivity index (χ4v) is 4.64. The van der Waals surface area contributed by atoms with Crippen molar-refractivity contribution in [1.29, 1.82) is 0 Å². The number of phenols is 1. The molecule has 0 aliphatic rings. The van der Waals surface area contributed by atoms with Gasteiger partial charge in [-0.1, -0.05) is 30.3 Å². The Kier molecular flexibility index (Phi) is 9.92. The molecular formula is C32H26FN3O6S. The average Bonchev–Trinajstić information content (AvgIpc) is 3.00. The van der Waals surface area contributed by atoms with Crippen molar-refractivity contribution in [1.82, 2.24) is 5.32 Å². The van der Waals surface area contributed by atoms with E-state index in [9.17, 15) is 28.7 Å². The molecule has 0 aromatic heterocycles. The number of anilines is 2.